The molecule has 5 aromatic rings. The van der Waals surface area contributed by atoms with Crippen molar-refractivity contribution in [3.05, 3.63) is 75.3 Å². The van der Waals surface area contributed by atoms with Crippen LogP contribution in [0.3, 0.4) is 0 Å². The summed E-state index contributed by atoms with van der Waals surface area (Å²) in [5.41, 5.74) is 4.35. The standard InChI is InChI=1S/C26H26ClN5O2/c1-3-21-30-24-22(26(33)31(21)14-7-15-34-4-2)23-25(29-20-9-6-5-8-19(20)28-23)32(24)16-17-10-12-18(27)13-11-17/h5-6,8-13H,3-4,7,14-16H2,1-2H3. The van der Waals surface area contributed by atoms with Gasteiger partial charge in [0.15, 0.2) is 11.3 Å². The molecule has 34 heavy (non-hydrogen) atoms. The number of hydrogen-bond acceptors (Lipinski definition) is 5. The van der Waals surface area contributed by atoms with E-state index in [2.05, 4.69) is 0 Å². The van der Waals surface area contributed by atoms with E-state index in [0.717, 1.165) is 28.8 Å². The first-order valence-electron chi connectivity index (χ1n) is 11.6. The smallest absolute Gasteiger partial charge is 0.265 e. The Hall–Kier alpha value is -3.29. The lowest BCUT2D eigenvalue weighted by Gasteiger charge is -2.12. The fraction of sp³-hybridized carbons (Fsp3) is 0.308. The highest BCUT2D eigenvalue weighted by molar-refractivity contribution is 6.30. The monoisotopic (exact) mass is 475 g/mol. The molecule has 0 fully saturated rings. The Balaban J connectivity index is 1.77. The maximum absolute atomic E-state index is 13.8. The van der Waals surface area contributed by atoms with Crippen molar-refractivity contribution in [1.82, 2.24) is 24.1 Å². The predicted molar refractivity (Wildman–Crippen MR) is 136 cm³/mol. The van der Waals surface area contributed by atoms with E-state index in [4.69, 9.17) is 31.3 Å². The fourth-order valence-corrected chi connectivity index (χ4v) is 4.45. The number of aromatic nitrogens is 5. The SMILES string of the molecule is CCOCCCn1c(CC)nc2c(c1=O)c1nc3ccccc3nc1n2Cc1ccc(Cl)cc1. The third-order valence-electron chi connectivity index (χ3n) is 5.97. The van der Waals surface area contributed by atoms with Crippen molar-refractivity contribution in [2.75, 3.05) is 13.2 Å². The molecule has 0 radical (unpaired) electrons. The molecule has 0 unspecified atom stereocenters. The molecule has 0 aliphatic carbocycles. The summed E-state index contributed by atoms with van der Waals surface area (Å²) in [5, 5.41) is 1.19. The van der Waals surface area contributed by atoms with Gasteiger partial charge in [0.25, 0.3) is 5.56 Å². The number of para-hydroxylation sites is 2. The van der Waals surface area contributed by atoms with Gasteiger partial charge >= 0.3 is 0 Å². The topological polar surface area (TPSA) is 74.8 Å². The molecule has 0 N–H and O–H groups in total. The highest BCUT2D eigenvalue weighted by Gasteiger charge is 2.22. The fourth-order valence-electron chi connectivity index (χ4n) is 4.33. The molecule has 8 heteroatoms. The Labute approximate surface area is 202 Å². The van der Waals surface area contributed by atoms with E-state index in [-0.39, 0.29) is 5.56 Å². The Morgan fingerprint density at radius 3 is 2.35 bits per heavy atom. The lowest BCUT2D eigenvalue weighted by atomic mass is 10.2. The summed E-state index contributed by atoms with van der Waals surface area (Å²) in [6.45, 7) is 6.31. The van der Waals surface area contributed by atoms with Crippen LogP contribution in [0.15, 0.2) is 53.3 Å². The molecule has 2 aromatic carbocycles. The first kappa shape index (κ1) is 22.5. The summed E-state index contributed by atoms with van der Waals surface area (Å²) in [7, 11) is 0. The molecule has 0 saturated carbocycles. The predicted octanol–water partition coefficient (Wildman–Crippen LogP) is 4.99. The quantitative estimate of drug-likeness (QED) is 0.296. The highest BCUT2D eigenvalue weighted by Crippen LogP contribution is 2.27. The van der Waals surface area contributed by atoms with Crippen LogP contribution < -0.4 is 5.56 Å². The first-order valence-corrected chi connectivity index (χ1v) is 12.0. The second-order valence-electron chi connectivity index (χ2n) is 8.18. The molecular weight excluding hydrogens is 450 g/mol. The molecule has 0 atom stereocenters. The molecule has 0 amide bonds. The minimum absolute atomic E-state index is 0.0808. The minimum atomic E-state index is -0.0808. The Morgan fingerprint density at radius 2 is 1.65 bits per heavy atom. The van der Waals surface area contributed by atoms with Crippen molar-refractivity contribution in [1.29, 1.82) is 0 Å². The lowest BCUT2D eigenvalue weighted by Crippen LogP contribution is -2.26. The zero-order valence-electron chi connectivity index (χ0n) is 19.3. The average molecular weight is 476 g/mol. The number of rotatable bonds is 8. The summed E-state index contributed by atoms with van der Waals surface area (Å²) < 4.78 is 9.25. The molecule has 3 aromatic heterocycles. The second kappa shape index (κ2) is 9.52. The van der Waals surface area contributed by atoms with E-state index < -0.39 is 0 Å². The van der Waals surface area contributed by atoms with Crippen LogP contribution in [0.25, 0.3) is 33.2 Å². The Kier molecular flexibility index (Phi) is 6.30. The van der Waals surface area contributed by atoms with Crippen LogP contribution in [0.4, 0.5) is 0 Å². The molecule has 7 nitrogen and oxygen atoms in total. The average Bonchev–Trinajstić information content (AvgIpc) is 3.15. The van der Waals surface area contributed by atoms with Gasteiger partial charge in [-0.2, -0.15) is 0 Å². The molecule has 0 aliphatic heterocycles. The lowest BCUT2D eigenvalue weighted by molar-refractivity contribution is 0.141. The number of halogens is 1. The van der Waals surface area contributed by atoms with Gasteiger partial charge in [-0.15, -0.1) is 0 Å². The first-order chi connectivity index (χ1) is 16.6. The second-order valence-corrected chi connectivity index (χ2v) is 8.62. The van der Waals surface area contributed by atoms with Crippen molar-refractivity contribution in [3.63, 3.8) is 0 Å². The van der Waals surface area contributed by atoms with E-state index in [9.17, 15) is 4.79 Å². The highest BCUT2D eigenvalue weighted by atomic mass is 35.5. The van der Waals surface area contributed by atoms with Crippen molar-refractivity contribution >= 4 is 44.8 Å². The number of nitrogens with zero attached hydrogens (tertiary/aromatic N) is 5. The van der Waals surface area contributed by atoms with Crippen molar-refractivity contribution in [2.24, 2.45) is 0 Å². The number of benzene rings is 2. The maximum Gasteiger partial charge on any atom is 0.265 e. The van der Waals surface area contributed by atoms with E-state index in [1.165, 1.54) is 0 Å². The van der Waals surface area contributed by atoms with Gasteiger partial charge in [0, 0.05) is 31.2 Å². The molecule has 0 spiro atoms. The van der Waals surface area contributed by atoms with Crippen LogP contribution in [-0.4, -0.2) is 37.3 Å². The normalized spacial score (nSPS) is 11.7. The molecule has 0 saturated heterocycles. The molecule has 174 valence electrons. The summed E-state index contributed by atoms with van der Waals surface area (Å²) in [5.74, 6) is 0.749. The van der Waals surface area contributed by atoms with Crippen molar-refractivity contribution < 1.29 is 4.74 Å². The number of aryl methyl sites for hydroxylation is 1. The van der Waals surface area contributed by atoms with E-state index in [1.807, 2.05) is 66.9 Å². The number of hydrogen-bond donors (Lipinski definition) is 0. The van der Waals surface area contributed by atoms with Crippen LogP contribution in [0.5, 0.6) is 0 Å². The van der Waals surface area contributed by atoms with Gasteiger partial charge in [-0.1, -0.05) is 42.8 Å². The van der Waals surface area contributed by atoms with E-state index in [1.54, 1.807) is 4.57 Å². The van der Waals surface area contributed by atoms with Crippen molar-refractivity contribution in [3.8, 4) is 0 Å². The Morgan fingerprint density at radius 1 is 0.912 bits per heavy atom. The van der Waals surface area contributed by atoms with E-state index in [0.29, 0.717) is 59.9 Å². The van der Waals surface area contributed by atoms with Gasteiger partial charge in [0.05, 0.1) is 17.6 Å². The summed E-state index contributed by atoms with van der Waals surface area (Å²) in [6.07, 6.45) is 1.39. The number of ether oxygens (including phenoxy) is 1. The molecule has 5 rings (SSSR count). The summed E-state index contributed by atoms with van der Waals surface area (Å²) in [4.78, 5) is 28.6. The van der Waals surface area contributed by atoms with E-state index >= 15 is 0 Å². The molecule has 0 aliphatic rings. The van der Waals surface area contributed by atoms with Crippen LogP contribution in [0.2, 0.25) is 5.02 Å². The van der Waals surface area contributed by atoms with Crippen LogP contribution in [0.1, 0.15) is 31.7 Å². The zero-order chi connectivity index (χ0) is 23.7. The van der Waals surface area contributed by atoms with Crippen molar-refractivity contribution in [2.45, 2.75) is 39.8 Å². The number of fused-ring (bicyclic) bond motifs is 4. The molecular formula is C26H26ClN5O2. The Bertz CT molecular complexity index is 1540. The minimum Gasteiger partial charge on any atom is -0.382 e. The van der Waals surface area contributed by atoms with Gasteiger partial charge < -0.3 is 9.30 Å². The molecule has 0 bridgehead atoms. The van der Waals surface area contributed by atoms with Gasteiger partial charge in [-0.05, 0) is 43.2 Å². The largest absolute Gasteiger partial charge is 0.382 e. The maximum atomic E-state index is 13.8. The summed E-state index contributed by atoms with van der Waals surface area (Å²) >= 11 is 6.09. The van der Waals surface area contributed by atoms with Gasteiger partial charge in [-0.3, -0.25) is 9.36 Å². The summed E-state index contributed by atoms with van der Waals surface area (Å²) in [6, 6.07) is 15.4. The van der Waals surface area contributed by atoms with Crippen LogP contribution in [-0.2, 0) is 24.2 Å². The third-order valence-corrected chi connectivity index (χ3v) is 6.23. The van der Waals surface area contributed by atoms with Gasteiger partial charge in [0.1, 0.15) is 16.7 Å². The van der Waals surface area contributed by atoms with Crippen LogP contribution in [0, 0.1) is 0 Å². The van der Waals surface area contributed by atoms with Crippen LogP contribution >= 0.6 is 11.6 Å². The zero-order valence-corrected chi connectivity index (χ0v) is 20.0. The van der Waals surface area contributed by atoms with Gasteiger partial charge in [0.2, 0.25) is 0 Å². The third kappa shape index (κ3) is 4.06. The van der Waals surface area contributed by atoms with Gasteiger partial charge in [-0.25, -0.2) is 15.0 Å². The molecule has 3 heterocycles.